The first-order valence-electron chi connectivity index (χ1n) is 3.35. The third-order valence-corrected chi connectivity index (χ3v) is 1.45. The van der Waals surface area contributed by atoms with Crippen LogP contribution in [0.5, 0.6) is 0 Å². The monoisotopic (exact) mass is 170 g/mol. The second kappa shape index (κ2) is 3.30. The maximum absolute atomic E-state index is 12.9. The van der Waals surface area contributed by atoms with Crippen LogP contribution < -0.4 is 5.73 Å². The molecule has 0 fully saturated rings. The molecule has 0 saturated carbocycles. The molecule has 0 heterocycles. The second-order valence-corrected chi connectivity index (χ2v) is 2.34. The second-order valence-electron chi connectivity index (χ2n) is 2.34. The Balaban J connectivity index is 3.02. The van der Waals surface area contributed by atoms with Crippen molar-refractivity contribution in [3.63, 3.8) is 0 Å². The molecule has 0 aliphatic rings. The van der Waals surface area contributed by atoms with E-state index in [1.807, 2.05) is 0 Å². The molecule has 1 atom stereocenters. The fraction of sp³-hybridized carbons (Fsp3) is 0.125. The minimum Gasteiger partial charge on any atom is -0.385 e. The van der Waals surface area contributed by atoms with Crippen LogP contribution in [0.1, 0.15) is 11.7 Å². The van der Waals surface area contributed by atoms with Crippen molar-refractivity contribution in [3.8, 4) is 0 Å². The number of halogens is 2. The van der Waals surface area contributed by atoms with Gasteiger partial charge in [0.15, 0.2) is 6.17 Å². The molecule has 0 aliphatic heterocycles. The van der Waals surface area contributed by atoms with Crippen LogP contribution in [-0.2, 0) is 0 Å². The number of rotatable bonds is 2. The van der Waals surface area contributed by atoms with E-state index in [1.54, 1.807) is 0 Å². The molecular formula is C8H8F2N2. The molecule has 0 spiro atoms. The lowest BCUT2D eigenvalue weighted by Crippen LogP contribution is -2.17. The summed E-state index contributed by atoms with van der Waals surface area (Å²) < 4.78 is 25.7. The van der Waals surface area contributed by atoms with Gasteiger partial charge in [-0.15, -0.1) is 0 Å². The van der Waals surface area contributed by atoms with E-state index in [1.165, 1.54) is 18.2 Å². The predicted molar refractivity (Wildman–Crippen MR) is 42.2 cm³/mol. The van der Waals surface area contributed by atoms with Gasteiger partial charge in [0.25, 0.3) is 0 Å². The summed E-state index contributed by atoms with van der Waals surface area (Å²) in [6.07, 6.45) is -1.84. The van der Waals surface area contributed by atoms with Crippen LogP contribution in [0.15, 0.2) is 24.3 Å². The van der Waals surface area contributed by atoms with E-state index >= 15 is 0 Å². The average molecular weight is 170 g/mol. The van der Waals surface area contributed by atoms with E-state index in [9.17, 15) is 8.78 Å². The molecule has 0 radical (unpaired) electrons. The van der Waals surface area contributed by atoms with Crippen LogP contribution in [0, 0.1) is 11.2 Å². The van der Waals surface area contributed by atoms with E-state index in [-0.39, 0.29) is 5.56 Å². The summed E-state index contributed by atoms with van der Waals surface area (Å²) in [5, 5.41) is 6.77. The number of nitrogens with one attached hydrogen (secondary N) is 1. The first kappa shape index (κ1) is 8.64. The van der Waals surface area contributed by atoms with Crippen molar-refractivity contribution in [2.75, 3.05) is 0 Å². The van der Waals surface area contributed by atoms with Crippen LogP contribution in [0.4, 0.5) is 8.78 Å². The number of amidine groups is 1. The van der Waals surface area contributed by atoms with Crippen LogP contribution in [0.3, 0.4) is 0 Å². The van der Waals surface area contributed by atoms with Crippen molar-refractivity contribution < 1.29 is 8.78 Å². The zero-order valence-electron chi connectivity index (χ0n) is 6.22. The van der Waals surface area contributed by atoms with Gasteiger partial charge in [-0.05, 0) is 6.07 Å². The van der Waals surface area contributed by atoms with Gasteiger partial charge in [-0.25, -0.2) is 8.78 Å². The molecule has 1 aromatic carbocycles. The lowest BCUT2D eigenvalue weighted by molar-refractivity contribution is 0.418. The molecule has 0 aliphatic carbocycles. The molecule has 0 amide bonds. The molecular weight excluding hydrogens is 162 g/mol. The van der Waals surface area contributed by atoms with E-state index in [2.05, 4.69) is 0 Å². The lowest BCUT2D eigenvalue weighted by atomic mass is 10.1. The average Bonchev–Trinajstić information content (AvgIpc) is 2.04. The van der Waals surface area contributed by atoms with Gasteiger partial charge in [-0.2, -0.15) is 0 Å². The molecule has 0 aromatic heterocycles. The van der Waals surface area contributed by atoms with Crippen molar-refractivity contribution >= 4 is 5.84 Å². The number of hydrogen-bond donors (Lipinski definition) is 2. The predicted octanol–water partition coefficient (Wildman–Crippen LogP) is 1.77. The van der Waals surface area contributed by atoms with Crippen LogP contribution >= 0.6 is 0 Å². The van der Waals surface area contributed by atoms with Crippen molar-refractivity contribution in [2.24, 2.45) is 5.73 Å². The van der Waals surface area contributed by atoms with Crippen molar-refractivity contribution in [2.45, 2.75) is 6.17 Å². The summed E-state index contributed by atoms with van der Waals surface area (Å²) in [5.74, 6) is -1.36. The first-order chi connectivity index (χ1) is 5.63. The van der Waals surface area contributed by atoms with Crippen molar-refractivity contribution in [1.29, 1.82) is 5.41 Å². The highest BCUT2D eigenvalue weighted by molar-refractivity contribution is 5.82. The number of nitrogens with two attached hydrogens (primary N) is 1. The molecule has 1 rings (SSSR count). The standard InChI is InChI=1S/C8H8F2N2/c9-6-4-2-1-3-5(6)7(10)8(11)12/h1-4,7H,(H3,11,12). The first-order valence-corrected chi connectivity index (χ1v) is 3.35. The maximum Gasteiger partial charge on any atom is 0.184 e. The van der Waals surface area contributed by atoms with Gasteiger partial charge in [0.1, 0.15) is 11.7 Å². The Labute approximate surface area is 68.5 Å². The molecule has 3 N–H and O–H groups in total. The summed E-state index contributed by atoms with van der Waals surface area (Å²) >= 11 is 0. The highest BCUT2D eigenvalue weighted by Gasteiger charge is 2.16. The lowest BCUT2D eigenvalue weighted by Gasteiger charge is -2.06. The van der Waals surface area contributed by atoms with Crippen LogP contribution in [0.25, 0.3) is 0 Å². The number of alkyl halides is 1. The molecule has 2 nitrogen and oxygen atoms in total. The molecule has 4 heteroatoms. The van der Waals surface area contributed by atoms with Gasteiger partial charge in [0.2, 0.25) is 0 Å². The Morgan fingerprint density at radius 1 is 1.42 bits per heavy atom. The van der Waals surface area contributed by atoms with Crippen molar-refractivity contribution in [3.05, 3.63) is 35.6 Å². The summed E-state index contributed by atoms with van der Waals surface area (Å²) in [4.78, 5) is 0. The van der Waals surface area contributed by atoms with E-state index in [0.717, 1.165) is 6.07 Å². The van der Waals surface area contributed by atoms with Crippen LogP contribution in [0.2, 0.25) is 0 Å². The van der Waals surface area contributed by atoms with Gasteiger partial charge in [-0.3, -0.25) is 5.41 Å². The topological polar surface area (TPSA) is 49.9 Å². The SMILES string of the molecule is N=C(N)C(F)c1ccccc1F. The Morgan fingerprint density at radius 2 is 2.00 bits per heavy atom. The Morgan fingerprint density at radius 3 is 2.50 bits per heavy atom. The van der Waals surface area contributed by atoms with E-state index in [4.69, 9.17) is 11.1 Å². The molecule has 64 valence electrons. The maximum atomic E-state index is 12.9. The Kier molecular flexibility index (Phi) is 2.38. The summed E-state index contributed by atoms with van der Waals surface area (Å²) in [6.45, 7) is 0. The van der Waals surface area contributed by atoms with Gasteiger partial charge >= 0.3 is 0 Å². The van der Waals surface area contributed by atoms with Gasteiger partial charge in [0, 0.05) is 5.56 Å². The zero-order valence-corrected chi connectivity index (χ0v) is 6.22. The Bertz CT molecular complexity index is 299. The fourth-order valence-corrected chi connectivity index (χ4v) is 0.848. The highest BCUT2D eigenvalue weighted by atomic mass is 19.1. The summed E-state index contributed by atoms with van der Waals surface area (Å²) in [6, 6.07) is 5.34. The van der Waals surface area contributed by atoms with Crippen LogP contribution in [-0.4, -0.2) is 5.84 Å². The smallest absolute Gasteiger partial charge is 0.184 e. The molecule has 1 aromatic rings. The van der Waals surface area contributed by atoms with Gasteiger partial charge < -0.3 is 5.73 Å². The highest BCUT2D eigenvalue weighted by Crippen LogP contribution is 2.19. The molecule has 0 bridgehead atoms. The van der Waals surface area contributed by atoms with Crippen molar-refractivity contribution in [1.82, 2.24) is 0 Å². The molecule has 12 heavy (non-hydrogen) atoms. The number of hydrogen-bond acceptors (Lipinski definition) is 1. The summed E-state index contributed by atoms with van der Waals surface area (Å²) in [7, 11) is 0. The van der Waals surface area contributed by atoms with Gasteiger partial charge in [-0.1, -0.05) is 18.2 Å². The zero-order chi connectivity index (χ0) is 9.14. The number of benzene rings is 1. The quantitative estimate of drug-likeness (QED) is 0.515. The fourth-order valence-electron chi connectivity index (χ4n) is 0.848. The van der Waals surface area contributed by atoms with E-state index in [0.29, 0.717) is 0 Å². The Hall–Kier alpha value is -1.45. The van der Waals surface area contributed by atoms with Gasteiger partial charge in [0.05, 0.1) is 0 Å². The largest absolute Gasteiger partial charge is 0.385 e. The summed E-state index contributed by atoms with van der Waals surface area (Å²) in [5.41, 5.74) is 4.69. The third kappa shape index (κ3) is 1.58. The molecule has 1 unspecified atom stereocenters. The normalized spacial score (nSPS) is 12.5. The van der Waals surface area contributed by atoms with E-state index < -0.39 is 17.8 Å². The minimum atomic E-state index is -1.84. The third-order valence-electron chi connectivity index (χ3n) is 1.45. The molecule has 0 saturated heterocycles. The minimum absolute atomic E-state index is 0.190.